The van der Waals surface area contributed by atoms with Crippen LogP contribution in [0, 0.1) is 0 Å². The highest BCUT2D eigenvalue weighted by Gasteiger charge is 2.20. The van der Waals surface area contributed by atoms with Crippen molar-refractivity contribution in [1.29, 1.82) is 0 Å². The van der Waals surface area contributed by atoms with Crippen LogP contribution in [0.3, 0.4) is 0 Å². The first-order valence-electron chi connectivity index (χ1n) is 13.4. The highest BCUT2D eigenvalue weighted by atomic mass is 32.2. The van der Waals surface area contributed by atoms with E-state index in [1.54, 1.807) is 38.1 Å². The lowest BCUT2D eigenvalue weighted by Crippen LogP contribution is -2.25. The van der Waals surface area contributed by atoms with E-state index in [1.165, 1.54) is 0 Å². The minimum Gasteiger partial charge on any atom is -0.497 e. The third-order valence-electron chi connectivity index (χ3n) is 6.85. The lowest BCUT2D eigenvalue weighted by atomic mass is 10.0. The Morgan fingerprint density at radius 1 is 0.829 bits per heavy atom. The van der Waals surface area contributed by atoms with Crippen molar-refractivity contribution in [3.63, 3.8) is 0 Å². The molecule has 0 saturated heterocycles. The van der Waals surface area contributed by atoms with Crippen molar-refractivity contribution in [2.75, 3.05) is 26.5 Å². The standard InChI is InChI=1S/C32H33N3O4S2/c1-4-35-31(25-12-17-28(39-3)18-13-25)30(24-10-15-27(38-2)16-11-24)34-32(35)40-21-7-20-33-41(36,37)29-19-14-23-8-5-6-9-26(23)22-29/h5-6,8-19,22,33H,4,7,20-21H2,1-3H3. The Kier molecular flexibility index (Phi) is 8.97. The third-order valence-corrected chi connectivity index (χ3v) is 9.37. The van der Waals surface area contributed by atoms with Gasteiger partial charge in [0, 0.05) is 30.0 Å². The molecule has 0 aliphatic heterocycles. The SMILES string of the molecule is CCn1c(SCCCNS(=O)(=O)c2ccc3ccccc3c2)nc(-c2ccc(OC)cc2)c1-c1ccc(OC)cc1. The van der Waals surface area contributed by atoms with Crippen molar-refractivity contribution >= 4 is 32.6 Å². The first-order valence-corrected chi connectivity index (χ1v) is 15.9. The number of fused-ring (bicyclic) bond motifs is 1. The van der Waals surface area contributed by atoms with Gasteiger partial charge in [0.1, 0.15) is 11.5 Å². The normalized spacial score (nSPS) is 11.6. The van der Waals surface area contributed by atoms with E-state index < -0.39 is 10.0 Å². The summed E-state index contributed by atoms with van der Waals surface area (Å²) in [6, 6.07) is 28.8. The summed E-state index contributed by atoms with van der Waals surface area (Å²) >= 11 is 1.63. The minimum absolute atomic E-state index is 0.277. The molecule has 0 spiro atoms. The molecule has 0 radical (unpaired) electrons. The zero-order valence-electron chi connectivity index (χ0n) is 23.3. The number of aromatic nitrogens is 2. The van der Waals surface area contributed by atoms with Gasteiger partial charge in [0.05, 0.1) is 30.5 Å². The van der Waals surface area contributed by atoms with Gasteiger partial charge in [-0.15, -0.1) is 0 Å². The number of ether oxygens (including phenoxy) is 2. The Labute approximate surface area is 245 Å². The number of nitrogens with zero attached hydrogens (tertiary/aromatic N) is 2. The average molecular weight is 588 g/mol. The van der Waals surface area contributed by atoms with Gasteiger partial charge < -0.3 is 14.0 Å². The van der Waals surface area contributed by atoms with E-state index in [-0.39, 0.29) is 4.90 Å². The molecule has 7 nitrogen and oxygen atoms in total. The number of rotatable bonds is 12. The number of thioether (sulfide) groups is 1. The van der Waals surface area contributed by atoms with Gasteiger partial charge in [-0.25, -0.2) is 18.1 Å². The Hall–Kier alpha value is -3.79. The maximum absolute atomic E-state index is 12.9. The fourth-order valence-corrected chi connectivity index (χ4v) is 6.80. The monoisotopic (exact) mass is 587 g/mol. The van der Waals surface area contributed by atoms with Crippen LogP contribution in [0.1, 0.15) is 13.3 Å². The van der Waals surface area contributed by atoms with Crippen molar-refractivity contribution in [2.24, 2.45) is 0 Å². The van der Waals surface area contributed by atoms with Gasteiger partial charge in [-0.1, -0.05) is 42.1 Å². The first-order chi connectivity index (χ1) is 19.9. The summed E-state index contributed by atoms with van der Waals surface area (Å²) in [5.41, 5.74) is 3.95. The van der Waals surface area contributed by atoms with Gasteiger partial charge in [0.15, 0.2) is 5.16 Å². The molecular weight excluding hydrogens is 555 g/mol. The van der Waals surface area contributed by atoms with Gasteiger partial charge in [-0.2, -0.15) is 0 Å². The summed E-state index contributed by atoms with van der Waals surface area (Å²) in [6.45, 7) is 3.18. The molecule has 0 bridgehead atoms. The van der Waals surface area contributed by atoms with E-state index >= 15 is 0 Å². The molecule has 41 heavy (non-hydrogen) atoms. The van der Waals surface area contributed by atoms with Gasteiger partial charge in [0.2, 0.25) is 10.0 Å². The van der Waals surface area contributed by atoms with E-state index in [0.29, 0.717) is 18.7 Å². The van der Waals surface area contributed by atoms with Crippen LogP contribution in [0.5, 0.6) is 11.5 Å². The van der Waals surface area contributed by atoms with E-state index in [1.807, 2.05) is 78.9 Å². The lowest BCUT2D eigenvalue weighted by molar-refractivity contribution is 0.414. The zero-order valence-corrected chi connectivity index (χ0v) is 25.0. The van der Waals surface area contributed by atoms with Gasteiger partial charge in [-0.05, 0) is 84.8 Å². The third kappa shape index (κ3) is 6.43. The average Bonchev–Trinajstić information content (AvgIpc) is 3.39. The molecule has 5 aromatic rings. The highest BCUT2D eigenvalue weighted by molar-refractivity contribution is 7.99. The Bertz CT molecular complexity index is 1730. The molecule has 1 heterocycles. The van der Waals surface area contributed by atoms with E-state index in [4.69, 9.17) is 14.5 Å². The fraction of sp³-hybridized carbons (Fsp3) is 0.219. The molecule has 4 aromatic carbocycles. The summed E-state index contributed by atoms with van der Waals surface area (Å²) < 4.78 is 41.5. The molecule has 0 aliphatic rings. The van der Waals surface area contributed by atoms with Crippen molar-refractivity contribution in [1.82, 2.24) is 14.3 Å². The molecule has 0 aliphatic carbocycles. The van der Waals surface area contributed by atoms with Gasteiger partial charge >= 0.3 is 0 Å². The summed E-state index contributed by atoms with van der Waals surface area (Å²) in [5.74, 6) is 2.29. The van der Waals surface area contributed by atoms with Gasteiger partial charge in [0.25, 0.3) is 0 Å². The van der Waals surface area contributed by atoms with Crippen molar-refractivity contribution < 1.29 is 17.9 Å². The Balaban J connectivity index is 1.32. The van der Waals surface area contributed by atoms with Crippen LogP contribution < -0.4 is 14.2 Å². The molecule has 1 aromatic heterocycles. The number of nitrogens with one attached hydrogen (secondary N) is 1. The summed E-state index contributed by atoms with van der Waals surface area (Å²) in [4.78, 5) is 5.34. The number of sulfonamides is 1. The second-order valence-corrected chi connectivity index (χ2v) is 12.2. The highest BCUT2D eigenvalue weighted by Crippen LogP contribution is 2.37. The Morgan fingerprint density at radius 2 is 1.46 bits per heavy atom. The van der Waals surface area contributed by atoms with E-state index in [2.05, 4.69) is 16.2 Å². The molecule has 0 atom stereocenters. The van der Waals surface area contributed by atoms with Crippen LogP contribution in [-0.2, 0) is 16.6 Å². The van der Waals surface area contributed by atoms with E-state index in [0.717, 1.165) is 56.5 Å². The van der Waals surface area contributed by atoms with Crippen molar-refractivity contribution in [3.05, 3.63) is 91.0 Å². The second-order valence-electron chi connectivity index (χ2n) is 9.40. The van der Waals surface area contributed by atoms with Crippen LogP contribution in [0.2, 0.25) is 0 Å². The minimum atomic E-state index is -3.60. The predicted octanol–water partition coefficient (Wildman–Crippen LogP) is 6.87. The largest absolute Gasteiger partial charge is 0.497 e. The summed E-state index contributed by atoms with van der Waals surface area (Å²) in [5, 5.41) is 2.80. The maximum Gasteiger partial charge on any atom is 0.240 e. The molecule has 5 rings (SSSR count). The Morgan fingerprint density at radius 3 is 2.10 bits per heavy atom. The zero-order chi connectivity index (χ0) is 28.8. The quantitative estimate of drug-likeness (QED) is 0.127. The number of imidazole rings is 1. The predicted molar refractivity (Wildman–Crippen MR) is 166 cm³/mol. The summed E-state index contributed by atoms with van der Waals surface area (Å²) in [7, 11) is -0.286. The van der Waals surface area contributed by atoms with Crippen LogP contribution in [0.4, 0.5) is 0 Å². The van der Waals surface area contributed by atoms with Crippen molar-refractivity contribution in [2.45, 2.75) is 29.9 Å². The molecule has 0 amide bonds. The molecular formula is C32H33N3O4S2. The van der Waals surface area contributed by atoms with Crippen LogP contribution in [-0.4, -0.2) is 44.5 Å². The van der Waals surface area contributed by atoms with Crippen LogP contribution in [0.15, 0.2) is 101 Å². The first kappa shape index (κ1) is 28.7. The van der Waals surface area contributed by atoms with Gasteiger partial charge in [-0.3, -0.25) is 0 Å². The van der Waals surface area contributed by atoms with E-state index in [9.17, 15) is 8.42 Å². The molecule has 0 unspecified atom stereocenters. The second kappa shape index (κ2) is 12.8. The lowest BCUT2D eigenvalue weighted by Gasteiger charge is -2.12. The van der Waals surface area contributed by atoms with Crippen molar-refractivity contribution in [3.8, 4) is 34.0 Å². The molecule has 212 valence electrons. The number of hydrogen-bond donors (Lipinski definition) is 1. The topological polar surface area (TPSA) is 82.5 Å². The molecule has 9 heteroatoms. The van der Waals surface area contributed by atoms with Crippen LogP contribution in [0.25, 0.3) is 33.3 Å². The number of benzene rings is 4. The fourth-order valence-electron chi connectivity index (χ4n) is 4.69. The number of hydrogen-bond acceptors (Lipinski definition) is 6. The molecule has 0 saturated carbocycles. The smallest absolute Gasteiger partial charge is 0.240 e. The molecule has 0 fully saturated rings. The summed E-state index contributed by atoms with van der Waals surface area (Å²) in [6.07, 6.45) is 0.657. The van der Waals surface area contributed by atoms with Crippen LogP contribution >= 0.6 is 11.8 Å². The maximum atomic E-state index is 12.9. The molecule has 1 N–H and O–H groups in total. The number of methoxy groups -OCH3 is 2.